The van der Waals surface area contributed by atoms with Gasteiger partial charge in [0.05, 0.1) is 24.7 Å². The van der Waals surface area contributed by atoms with Gasteiger partial charge in [-0.2, -0.15) is 0 Å². The molecule has 1 aliphatic heterocycles. The van der Waals surface area contributed by atoms with E-state index in [4.69, 9.17) is 9.47 Å². The quantitative estimate of drug-likeness (QED) is 0.510. The maximum absolute atomic E-state index is 11.2. The third kappa shape index (κ3) is 6.32. The van der Waals surface area contributed by atoms with Crippen molar-refractivity contribution in [1.29, 1.82) is 0 Å². The van der Waals surface area contributed by atoms with Crippen LogP contribution in [0, 0.1) is 0 Å². The van der Waals surface area contributed by atoms with Crippen LogP contribution in [0.1, 0.15) is 19.8 Å². The van der Waals surface area contributed by atoms with E-state index in [0.29, 0.717) is 32.6 Å². The molecule has 6 nitrogen and oxygen atoms in total. The third-order valence-corrected chi connectivity index (χ3v) is 4.47. The molecule has 0 saturated carbocycles. The molecule has 1 aliphatic rings. The lowest BCUT2D eigenvalue weighted by Gasteiger charge is -2.22. The van der Waals surface area contributed by atoms with Crippen LogP contribution in [0.2, 0.25) is 0 Å². The third-order valence-electron chi connectivity index (χ3n) is 2.76. The largest absolute Gasteiger partial charge is 0.464 e. The minimum atomic E-state index is -2.80. The first kappa shape index (κ1) is 15.4. The Labute approximate surface area is 108 Å². The Morgan fingerprint density at radius 1 is 1.33 bits per heavy atom. The number of nitrogens with one attached hydrogen (secondary N) is 1. The maximum atomic E-state index is 11.2. The number of carbonyl (C=O) groups is 1. The van der Waals surface area contributed by atoms with Gasteiger partial charge in [0.15, 0.2) is 0 Å². The first-order valence-corrected chi connectivity index (χ1v) is 8.03. The molecular weight excluding hydrogens is 258 g/mol. The molecule has 7 heteroatoms. The van der Waals surface area contributed by atoms with Gasteiger partial charge in [-0.05, 0) is 19.8 Å². The second kappa shape index (κ2) is 7.70. The maximum Gasteiger partial charge on any atom is 0.332 e. The van der Waals surface area contributed by atoms with Crippen LogP contribution < -0.4 is 5.32 Å². The number of esters is 1. The van der Waals surface area contributed by atoms with Crippen LogP contribution in [0.5, 0.6) is 0 Å². The number of sulfone groups is 1. The lowest BCUT2D eigenvalue weighted by atomic mass is 10.1. The minimum Gasteiger partial charge on any atom is -0.464 e. The van der Waals surface area contributed by atoms with Gasteiger partial charge < -0.3 is 14.8 Å². The Morgan fingerprint density at radius 3 is 2.61 bits per heavy atom. The van der Waals surface area contributed by atoms with E-state index < -0.39 is 9.84 Å². The lowest BCUT2D eigenvalue weighted by molar-refractivity contribution is -0.148. The van der Waals surface area contributed by atoms with Gasteiger partial charge in [-0.15, -0.1) is 0 Å². The molecule has 1 fully saturated rings. The molecule has 1 saturated heterocycles. The van der Waals surface area contributed by atoms with Gasteiger partial charge in [-0.3, -0.25) is 0 Å². The summed E-state index contributed by atoms with van der Waals surface area (Å²) in [6.07, 6.45) is 1.31. The molecule has 106 valence electrons. The Kier molecular flexibility index (Phi) is 6.59. The first-order valence-electron chi connectivity index (χ1n) is 6.20. The normalized spacial score (nSPS) is 19.6. The van der Waals surface area contributed by atoms with Crippen molar-refractivity contribution in [1.82, 2.24) is 5.32 Å². The standard InChI is InChI=1S/C11H21NO5S/c1-2-17-11(13)9-16-6-5-12-10-3-7-18(14,15)8-4-10/h10,12H,2-9H2,1H3. The van der Waals surface area contributed by atoms with E-state index in [2.05, 4.69) is 5.32 Å². The summed E-state index contributed by atoms with van der Waals surface area (Å²) in [5, 5.41) is 3.22. The highest BCUT2D eigenvalue weighted by Gasteiger charge is 2.22. The van der Waals surface area contributed by atoms with Gasteiger partial charge in [0.25, 0.3) is 0 Å². The van der Waals surface area contributed by atoms with E-state index >= 15 is 0 Å². The highest BCUT2D eigenvalue weighted by atomic mass is 32.2. The summed E-state index contributed by atoms with van der Waals surface area (Å²) < 4.78 is 32.2. The molecule has 1 rings (SSSR count). The number of hydrogen-bond acceptors (Lipinski definition) is 6. The zero-order valence-corrected chi connectivity index (χ0v) is 11.5. The van der Waals surface area contributed by atoms with E-state index in [-0.39, 0.29) is 30.1 Å². The SMILES string of the molecule is CCOC(=O)COCCNC1CCS(=O)(=O)CC1. The van der Waals surface area contributed by atoms with Crippen LogP contribution in [0.3, 0.4) is 0 Å². The van der Waals surface area contributed by atoms with Crippen LogP contribution in [-0.4, -0.2) is 58.3 Å². The molecule has 0 aromatic rings. The van der Waals surface area contributed by atoms with Crippen molar-refractivity contribution in [2.75, 3.05) is 37.9 Å². The summed E-state index contributed by atoms with van der Waals surface area (Å²) in [6, 6.07) is 0.236. The zero-order chi connectivity index (χ0) is 13.4. The predicted molar refractivity (Wildman–Crippen MR) is 67.1 cm³/mol. The van der Waals surface area contributed by atoms with Crippen LogP contribution >= 0.6 is 0 Å². The highest BCUT2D eigenvalue weighted by molar-refractivity contribution is 7.91. The van der Waals surface area contributed by atoms with E-state index in [1.165, 1.54) is 0 Å². The number of rotatable bonds is 7. The topological polar surface area (TPSA) is 81.7 Å². The molecule has 0 aromatic carbocycles. The monoisotopic (exact) mass is 279 g/mol. The molecular formula is C11H21NO5S. The second-order valence-corrected chi connectivity index (χ2v) is 6.54. The summed E-state index contributed by atoms with van der Waals surface area (Å²) >= 11 is 0. The summed E-state index contributed by atoms with van der Waals surface area (Å²) in [6.45, 7) is 3.11. The van der Waals surface area contributed by atoms with Crippen molar-refractivity contribution in [2.24, 2.45) is 0 Å². The van der Waals surface area contributed by atoms with Crippen LogP contribution in [-0.2, 0) is 24.1 Å². The fraction of sp³-hybridized carbons (Fsp3) is 0.909. The average Bonchev–Trinajstić information content (AvgIpc) is 2.31. The van der Waals surface area contributed by atoms with Crippen molar-refractivity contribution < 1.29 is 22.7 Å². The molecule has 0 amide bonds. The molecule has 1 heterocycles. The summed E-state index contributed by atoms with van der Waals surface area (Å²) in [4.78, 5) is 10.9. The summed E-state index contributed by atoms with van der Waals surface area (Å²) in [5.41, 5.74) is 0. The Bertz CT molecular complexity index is 340. The number of ether oxygens (including phenoxy) is 2. The number of hydrogen-bond donors (Lipinski definition) is 1. The van der Waals surface area contributed by atoms with E-state index in [9.17, 15) is 13.2 Å². The molecule has 0 spiro atoms. The average molecular weight is 279 g/mol. The smallest absolute Gasteiger partial charge is 0.332 e. The molecule has 0 radical (unpaired) electrons. The predicted octanol–water partition coefficient (Wildman–Crippen LogP) is -0.267. The molecule has 0 bridgehead atoms. The summed E-state index contributed by atoms with van der Waals surface area (Å²) in [5.74, 6) is 0.157. The zero-order valence-electron chi connectivity index (χ0n) is 10.7. The molecule has 0 aromatic heterocycles. The van der Waals surface area contributed by atoms with Gasteiger partial charge in [-0.1, -0.05) is 0 Å². The van der Waals surface area contributed by atoms with Gasteiger partial charge in [0.2, 0.25) is 0 Å². The van der Waals surface area contributed by atoms with Crippen LogP contribution in [0.4, 0.5) is 0 Å². The van der Waals surface area contributed by atoms with Gasteiger partial charge >= 0.3 is 5.97 Å². The van der Waals surface area contributed by atoms with Crippen molar-refractivity contribution in [3.8, 4) is 0 Å². The highest BCUT2D eigenvalue weighted by Crippen LogP contribution is 2.11. The number of carbonyl (C=O) groups excluding carboxylic acids is 1. The van der Waals surface area contributed by atoms with Gasteiger partial charge in [0.1, 0.15) is 16.4 Å². The lowest BCUT2D eigenvalue weighted by Crippen LogP contribution is -2.39. The van der Waals surface area contributed by atoms with Gasteiger partial charge in [0, 0.05) is 12.6 Å². The molecule has 18 heavy (non-hydrogen) atoms. The van der Waals surface area contributed by atoms with Crippen molar-refractivity contribution in [3.63, 3.8) is 0 Å². The van der Waals surface area contributed by atoms with Crippen molar-refractivity contribution >= 4 is 15.8 Å². The molecule has 1 N–H and O–H groups in total. The Balaban J connectivity index is 2.00. The Hall–Kier alpha value is -0.660. The van der Waals surface area contributed by atoms with E-state index in [1.54, 1.807) is 6.92 Å². The minimum absolute atomic E-state index is 0.0332. The first-order chi connectivity index (χ1) is 8.53. The molecule has 0 atom stereocenters. The van der Waals surface area contributed by atoms with Crippen LogP contribution in [0.15, 0.2) is 0 Å². The van der Waals surface area contributed by atoms with Gasteiger partial charge in [-0.25, -0.2) is 13.2 Å². The van der Waals surface area contributed by atoms with Crippen molar-refractivity contribution in [2.45, 2.75) is 25.8 Å². The Morgan fingerprint density at radius 2 is 2.00 bits per heavy atom. The van der Waals surface area contributed by atoms with Crippen molar-refractivity contribution in [3.05, 3.63) is 0 Å². The fourth-order valence-electron chi connectivity index (χ4n) is 1.79. The van der Waals surface area contributed by atoms with Crippen LogP contribution in [0.25, 0.3) is 0 Å². The molecule has 0 unspecified atom stereocenters. The second-order valence-electron chi connectivity index (χ2n) is 4.24. The fourth-order valence-corrected chi connectivity index (χ4v) is 3.28. The molecule has 0 aliphatic carbocycles. The summed E-state index contributed by atoms with van der Waals surface area (Å²) in [7, 11) is -2.80. The van der Waals surface area contributed by atoms with E-state index in [1.807, 2.05) is 0 Å². The van der Waals surface area contributed by atoms with E-state index in [0.717, 1.165) is 0 Å².